The zero-order valence-electron chi connectivity index (χ0n) is 17.0. The Balaban J connectivity index is 1.24. The van der Waals surface area contributed by atoms with Crippen LogP contribution in [0.4, 0.5) is 5.69 Å². The molecule has 2 aromatic rings. The summed E-state index contributed by atoms with van der Waals surface area (Å²) in [4.78, 5) is 17.1. The monoisotopic (exact) mass is 390 g/mol. The van der Waals surface area contributed by atoms with E-state index in [1.165, 1.54) is 23.2 Å². The first-order valence-corrected chi connectivity index (χ1v) is 10.8. The molecule has 0 aromatic heterocycles. The van der Waals surface area contributed by atoms with E-state index in [-0.39, 0.29) is 5.91 Å². The normalized spacial score (nSPS) is 18.9. The molecule has 5 heteroatoms. The van der Waals surface area contributed by atoms with Crippen LogP contribution in [-0.2, 0) is 11.2 Å². The molecule has 2 aromatic carbocycles. The number of carbonyl (C=O) groups excluding carboxylic acids is 1. The molecule has 0 atom stereocenters. The third kappa shape index (κ3) is 5.24. The van der Waals surface area contributed by atoms with Gasteiger partial charge in [-0.15, -0.1) is 0 Å². The summed E-state index contributed by atoms with van der Waals surface area (Å²) in [5.41, 5.74) is 7.64. The lowest BCUT2D eigenvalue weighted by atomic mass is 10.0. The Morgan fingerprint density at radius 2 is 1.62 bits per heavy atom. The molecule has 0 spiro atoms. The molecule has 1 saturated heterocycles. The highest BCUT2D eigenvalue weighted by atomic mass is 16.2. The third-order valence-electron chi connectivity index (χ3n) is 5.90. The topological polar surface area (TPSA) is 47.9 Å². The van der Waals surface area contributed by atoms with Gasteiger partial charge in [0.25, 0.3) is 0 Å². The van der Waals surface area contributed by atoms with Crippen LogP contribution in [0.25, 0.3) is 0 Å². The second-order valence-electron chi connectivity index (χ2n) is 7.87. The zero-order chi connectivity index (χ0) is 19.9. The summed E-state index contributed by atoms with van der Waals surface area (Å²) in [7, 11) is 0. The van der Waals surface area contributed by atoms with Crippen LogP contribution >= 0.6 is 0 Å². The van der Waals surface area contributed by atoms with Crippen molar-refractivity contribution in [3.8, 4) is 0 Å². The van der Waals surface area contributed by atoms with Crippen LogP contribution in [0.5, 0.6) is 0 Å². The van der Waals surface area contributed by atoms with E-state index in [0.29, 0.717) is 6.42 Å². The van der Waals surface area contributed by atoms with Gasteiger partial charge >= 0.3 is 0 Å². The SMILES string of the molecule is O=C(CCN1CCN(c2ccccc2)CC1)N/N=C1/CCCCc2ccccc21. The first-order chi connectivity index (χ1) is 14.3. The number of aryl methyl sites for hydroxylation is 1. The van der Waals surface area contributed by atoms with E-state index in [4.69, 9.17) is 0 Å². The maximum atomic E-state index is 12.4. The van der Waals surface area contributed by atoms with Gasteiger partial charge in [-0.2, -0.15) is 5.10 Å². The van der Waals surface area contributed by atoms with Crippen LogP contribution in [-0.4, -0.2) is 49.2 Å². The fourth-order valence-electron chi connectivity index (χ4n) is 4.19. The first-order valence-electron chi connectivity index (χ1n) is 10.8. The molecule has 0 unspecified atom stereocenters. The molecule has 152 valence electrons. The highest BCUT2D eigenvalue weighted by Gasteiger charge is 2.18. The molecule has 0 saturated carbocycles. The molecule has 0 radical (unpaired) electrons. The average molecular weight is 391 g/mol. The van der Waals surface area contributed by atoms with Crippen molar-refractivity contribution in [1.82, 2.24) is 10.3 Å². The van der Waals surface area contributed by atoms with Gasteiger partial charge < -0.3 is 4.90 Å². The Hall–Kier alpha value is -2.66. The van der Waals surface area contributed by atoms with Crippen molar-refractivity contribution < 1.29 is 4.79 Å². The van der Waals surface area contributed by atoms with Crippen molar-refractivity contribution in [2.45, 2.75) is 32.1 Å². The largest absolute Gasteiger partial charge is 0.369 e. The summed E-state index contributed by atoms with van der Waals surface area (Å²) in [6.45, 7) is 4.78. The lowest BCUT2D eigenvalue weighted by Gasteiger charge is -2.36. The van der Waals surface area contributed by atoms with Gasteiger partial charge in [0.2, 0.25) is 5.91 Å². The number of amides is 1. The Morgan fingerprint density at radius 1 is 0.897 bits per heavy atom. The van der Waals surface area contributed by atoms with Crippen molar-refractivity contribution in [1.29, 1.82) is 0 Å². The van der Waals surface area contributed by atoms with Gasteiger partial charge in [0.1, 0.15) is 0 Å². The molecular weight excluding hydrogens is 360 g/mol. The van der Waals surface area contributed by atoms with E-state index in [0.717, 1.165) is 57.7 Å². The maximum absolute atomic E-state index is 12.4. The highest BCUT2D eigenvalue weighted by molar-refractivity contribution is 6.02. The van der Waals surface area contributed by atoms with Gasteiger partial charge in [0, 0.05) is 50.4 Å². The van der Waals surface area contributed by atoms with Crippen molar-refractivity contribution in [2.24, 2.45) is 5.10 Å². The number of fused-ring (bicyclic) bond motifs is 1. The molecule has 1 N–H and O–H groups in total. The predicted octanol–water partition coefficient (Wildman–Crippen LogP) is 3.45. The first kappa shape index (κ1) is 19.6. The number of carbonyl (C=O) groups is 1. The van der Waals surface area contributed by atoms with Gasteiger partial charge in [-0.3, -0.25) is 9.69 Å². The van der Waals surface area contributed by atoms with Crippen molar-refractivity contribution in [2.75, 3.05) is 37.6 Å². The number of anilines is 1. The summed E-state index contributed by atoms with van der Waals surface area (Å²) in [6, 6.07) is 19.0. The number of hydrazone groups is 1. The second kappa shape index (κ2) is 9.70. The Morgan fingerprint density at radius 3 is 2.45 bits per heavy atom. The molecule has 0 bridgehead atoms. The van der Waals surface area contributed by atoms with Crippen LogP contribution in [0.3, 0.4) is 0 Å². The second-order valence-corrected chi connectivity index (χ2v) is 7.87. The molecule has 4 rings (SSSR count). The lowest BCUT2D eigenvalue weighted by Crippen LogP contribution is -2.47. The van der Waals surface area contributed by atoms with Crippen LogP contribution in [0.2, 0.25) is 0 Å². The van der Waals surface area contributed by atoms with E-state index in [9.17, 15) is 4.79 Å². The fraction of sp³-hybridized carbons (Fsp3) is 0.417. The van der Waals surface area contributed by atoms with E-state index < -0.39 is 0 Å². The van der Waals surface area contributed by atoms with E-state index in [2.05, 4.69) is 74.9 Å². The van der Waals surface area contributed by atoms with Gasteiger partial charge in [-0.05, 0) is 43.4 Å². The smallest absolute Gasteiger partial charge is 0.241 e. The van der Waals surface area contributed by atoms with Gasteiger partial charge in [-0.1, -0.05) is 42.5 Å². The molecule has 1 heterocycles. The fourth-order valence-corrected chi connectivity index (χ4v) is 4.19. The summed E-state index contributed by atoms with van der Waals surface area (Å²) in [5, 5.41) is 4.49. The molecule has 1 aliphatic heterocycles. The van der Waals surface area contributed by atoms with Gasteiger partial charge in [-0.25, -0.2) is 5.43 Å². The van der Waals surface area contributed by atoms with Crippen LogP contribution < -0.4 is 10.3 Å². The van der Waals surface area contributed by atoms with E-state index in [1.807, 2.05) is 0 Å². The molecule has 1 fully saturated rings. The number of rotatable bonds is 5. The highest BCUT2D eigenvalue weighted by Crippen LogP contribution is 2.20. The lowest BCUT2D eigenvalue weighted by molar-refractivity contribution is -0.121. The van der Waals surface area contributed by atoms with Crippen LogP contribution in [0.1, 0.15) is 36.8 Å². The van der Waals surface area contributed by atoms with Gasteiger partial charge in [0.15, 0.2) is 0 Å². The number of nitrogens with zero attached hydrogens (tertiary/aromatic N) is 3. The predicted molar refractivity (Wildman–Crippen MR) is 118 cm³/mol. The molecule has 1 aliphatic carbocycles. The van der Waals surface area contributed by atoms with E-state index in [1.54, 1.807) is 0 Å². The summed E-state index contributed by atoms with van der Waals surface area (Å²) in [5.74, 6) is 0.00437. The maximum Gasteiger partial charge on any atom is 0.241 e. The number of benzene rings is 2. The van der Waals surface area contributed by atoms with Crippen molar-refractivity contribution in [3.63, 3.8) is 0 Å². The van der Waals surface area contributed by atoms with Crippen molar-refractivity contribution >= 4 is 17.3 Å². The van der Waals surface area contributed by atoms with Crippen molar-refractivity contribution in [3.05, 3.63) is 65.7 Å². The third-order valence-corrected chi connectivity index (χ3v) is 5.90. The quantitative estimate of drug-likeness (QED) is 0.628. The summed E-state index contributed by atoms with van der Waals surface area (Å²) in [6.07, 6.45) is 4.81. The van der Waals surface area contributed by atoms with Gasteiger partial charge in [0.05, 0.1) is 5.71 Å². The number of piperazine rings is 1. The van der Waals surface area contributed by atoms with E-state index >= 15 is 0 Å². The number of nitrogens with one attached hydrogen (secondary N) is 1. The minimum absolute atomic E-state index is 0.00437. The summed E-state index contributed by atoms with van der Waals surface area (Å²) < 4.78 is 0. The average Bonchev–Trinajstić information content (AvgIpc) is 2.99. The number of hydrogen-bond acceptors (Lipinski definition) is 4. The Kier molecular flexibility index (Phi) is 6.57. The van der Waals surface area contributed by atoms with Crippen LogP contribution in [0.15, 0.2) is 59.7 Å². The zero-order valence-corrected chi connectivity index (χ0v) is 17.0. The van der Waals surface area contributed by atoms with Crippen LogP contribution in [0, 0.1) is 0 Å². The Labute approximate surface area is 173 Å². The standard InChI is InChI=1S/C24H30N4O/c29-24(26-25-23-13-7-5-9-20-8-4-6-12-22(20)23)14-15-27-16-18-28(19-17-27)21-10-2-1-3-11-21/h1-4,6,8,10-12H,5,7,9,13-19H2,(H,26,29)/b25-23-. The molecule has 29 heavy (non-hydrogen) atoms. The minimum atomic E-state index is 0.00437. The Bertz CT molecular complexity index is 841. The summed E-state index contributed by atoms with van der Waals surface area (Å²) >= 11 is 0. The number of para-hydroxylation sites is 1. The number of hydrogen-bond donors (Lipinski definition) is 1. The molecule has 2 aliphatic rings. The molecule has 5 nitrogen and oxygen atoms in total. The molecule has 1 amide bonds. The molecular formula is C24H30N4O. The minimum Gasteiger partial charge on any atom is -0.369 e.